The summed E-state index contributed by atoms with van der Waals surface area (Å²) >= 11 is 0. The molecule has 0 saturated carbocycles. The zero-order valence-corrected chi connectivity index (χ0v) is 18.2. The van der Waals surface area contributed by atoms with Gasteiger partial charge in [-0.1, -0.05) is 60.7 Å². The number of benzene rings is 3. The van der Waals surface area contributed by atoms with Crippen LogP contribution in [-0.4, -0.2) is 52.1 Å². The van der Waals surface area contributed by atoms with Crippen molar-refractivity contribution < 1.29 is 9.18 Å². The Balaban J connectivity index is 1.29. The van der Waals surface area contributed by atoms with Gasteiger partial charge in [-0.25, -0.2) is 4.39 Å². The molecule has 33 heavy (non-hydrogen) atoms. The Kier molecular flexibility index (Phi) is 6.00. The largest absolute Gasteiger partial charge is 0.335 e. The van der Waals surface area contributed by atoms with Gasteiger partial charge in [0.15, 0.2) is 0 Å². The van der Waals surface area contributed by atoms with Gasteiger partial charge in [0.05, 0.1) is 11.7 Å². The van der Waals surface area contributed by atoms with Gasteiger partial charge >= 0.3 is 0 Å². The second-order valence-corrected chi connectivity index (χ2v) is 8.23. The number of aromatic amines is 1. The van der Waals surface area contributed by atoms with Gasteiger partial charge in [-0.05, 0) is 41.5 Å². The monoisotopic (exact) mass is 440 g/mol. The summed E-state index contributed by atoms with van der Waals surface area (Å²) in [4.78, 5) is 17.4. The van der Waals surface area contributed by atoms with E-state index in [1.54, 1.807) is 18.2 Å². The summed E-state index contributed by atoms with van der Waals surface area (Å²) < 4.78 is 13.2. The maximum atomic E-state index is 13.2. The second-order valence-electron chi connectivity index (χ2n) is 8.23. The van der Waals surface area contributed by atoms with Gasteiger partial charge in [-0.2, -0.15) is 5.10 Å². The highest BCUT2D eigenvalue weighted by Crippen LogP contribution is 2.29. The Labute approximate surface area is 192 Å². The molecule has 1 fully saturated rings. The summed E-state index contributed by atoms with van der Waals surface area (Å²) in [7, 11) is 0. The highest BCUT2D eigenvalue weighted by Gasteiger charge is 2.29. The van der Waals surface area contributed by atoms with Crippen LogP contribution < -0.4 is 0 Å². The minimum Gasteiger partial charge on any atom is -0.335 e. The average Bonchev–Trinajstić information content (AvgIpc) is 3.36. The number of aromatic nitrogens is 2. The maximum absolute atomic E-state index is 13.2. The number of H-pyrrole nitrogens is 1. The fourth-order valence-electron chi connectivity index (χ4n) is 4.44. The lowest BCUT2D eigenvalue weighted by molar-refractivity contribution is 0.0592. The van der Waals surface area contributed by atoms with E-state index in [1.165, 1.54) is 23.3 Å². The quantitative estimate of drug-likeness (QED) is 0.487. The average molecular weight is 441 g/mol. The smallest absolute Gasteiger partial charge is 0.271 e. The maximum Gasteiger partial charge on any atom is 0.271 e. The Morgan fingerprint density at radius 1 is 0.818 bits per heavy atom. The standard InChI is InChI=1S/C27H25FN4O/c28-23-13-11-20(12-14-23)24-19-25(30-29-24)27(33)32-17-15-31(16-18-32)26(21-7-3-1-4-8-21)22-9-5-2-6-10-22/h1-14,19,26H,15-18H2,(H,29,30). The van der Waals surface area contributed by atoms with Gasteiger partial charge < -0.3 is 4.90 Å². The fourth-order valence-corrected chi connectivity index (χ4v) is 4.44. The first-order valence-electron chi connectivity index (χ1n) is 11.1. The third-order valence-corrected chi connectivity index (χ3v) is 6.15. The number of piperazine rings is 1. The number of hydrogen-bond donors (Lipinski definition) is 1. The Morgan fingerprint density at radius 2 is 1.39 bits per heavy atom. The van der Waals surface area contributed by atoms with Crippen molar-refractivity contribution in [3.8, 4) is 11.3 Å². The summed E-state index contributed by atoms with van der Waals surface area (Å²) in [5, 5.41) is 7.10. The minimum absolute atomic E-state index is 0.0634. The van der Waals surface area contributed by atoms with E-state index in [1.807, 2.05) is 17.0 Å². The molecule has 166 valence electrons. The third-order valence-electron chi connectivity index (χ3n) is 6.15. The molecule has 1 aliphatic rings. The number of amides is 1. The molecule has 0 bridgehead atoms. The van der Waals surface area contributed by atoms with E-state index in [4.69, 9.17) is 0 Å². The molecule has 1 aromatic heterocycles. The lowest BCUT2D eigenvalue weighted by atomic mass is 9.96. The van der Waals surface area contributed by atoms with Crippen LogP contribution in [0.3, 0.4) is 0 Å². The summed E-state index contributed by atoms with van der Waals surface area (Å²) in [6, 6.07) is 29.0. The van der Waals surface area contributed by atoms with E-state index in [0.717, 1.165) is 18.7 Å². The highest BCUT2D eigenvalue weighted by molar-refractivity contribution is 5.93. The number of hydrogen-bond acceptors (Lipinski definition) is 3. The molecule has 0 aliphatic carbocycles. The van der Waals surface area contributed by atoms with E-state index in [-0.39, 0.29) is 17.8 Å². The highest BCUT2D eigenvalue weighted by atomic mass is 19.1. The van der Waals surface area contributed by atoms with Crippen molar-refractivity contribution in [2.24, 2.45) is 0 Å². The first kappa shape index (κ1) is 21.1. The van der Waals surface area contributed by atoms with Crippen molar-refractivity contribution in [1.29, 1.82) is 0 Å². The minimum atomic E-state index is -0.298. The topological polar surface area (TPSA) is 52.2 Å². The lowest BCUT2D eigenvalue weighted by Gasteiger charge is -2.39. The van der Waals surface area contributed by atoms with E-state index in [2.05, 4.69) is 63.6 Å². The molecule has 4 aromatic rings. The van der Waals surface area contributed by atoms with Gasteiger partial charge in [0.2, 0.25) is 0 Å². The Hall–Kier alpha value is -3.77. The van der Waals surface area contributed by atoms with Crippen LogP contribution in [0.4, 0.5) is 4.39 Å². The van der Waals surface area contributed by atoms with Crippen molar-refractivity contribution in [2.45, 2.75) is 6.04 Å². The molecule has 6 heteroatoms. The summed E-state index contributed by atoms with van der Waals surface area (Å²) in [6.07, 6.45) is 0. The zero-order valence-electron chi connectivity index (χ0n) is 18.2. The molecule has 1 N–H and O–H groups in total. The second kappa shape index (κ2) is 9.38. The molecule has 1 saturated heterocycles. The lowest BCUT2D eigenvalue weighted by Crippen LogP contribution is -2.50. The van der Waals surface area contributed by atoms with E-state index < -0.39 is 0 Å². The number of carbonyl (C=O) groups excluding carboxylic acids is 1. The van der Waals surface area contributed by atoms with Crippen molar-refractivity contribution >= 4 is 5.91 Å². The number of nitrogens with zero attached hydrogens (tertiary/aromatic N) is 3. The number of rotatable bonds is 5. The van der Waals surface area contributed by atoms with Gasteiger partial charge in [0, 0.05) is 31.7 Å². The van der Waals surface area contributed by atoms with Crippen molar-refractivity contribution in [1.82, 2.24) is 20.0 Å². The molecule has 0 spiro atoms. The van der Waals surface area contributed by atoms with E-state index in [0.29, 0.717) is 24.5 Å². The molecule has 0 unspecified atom stereocenters. The van der Waals surface area contributed by atoms with E-state index in [9.17, 15) is 9.18 Å². The van der Waals surface area contributed by atoms with Crippen LogP contribution in [0.15, 0.2) is 91.0 Å². The van der Waals surface area contributed by atoms with Crippen LogP contribution in [0.25, 0.3) is 11.3 Å². The Morgan fingerprint density at radius 3 is 1.97 bits per heavy atom. The molecule has 3 aromatic carbocycles. The molecular formula is C27H25FN4O. The first-order chi connectivity index (χ1) is 16.2. The molecule has 0 atom stereocenters. The van der Waals surface area contributed by atoms with Crippen molar-refractivity contribution in [3.05, 3.63) is 114 Å². The predicted molar refractivity (Wildman–Crippen MR) is 126 cm³/mol. The van der Waals surface area contributed by atoms with Crippen molar-refractivity contribution in [2.75, 3.05) is 26.2 Å². The molecule has 5 rings (SSSR count). The molecule has 1 aliphatic heterocycles. The van der Waals surface area contributed by atoms with Crippen LogP contribution in [0.2, 0.25) is 0 Å². The summed E-state index contributed by atoms with van der Waals surface area (Å²) in [6.45, 7) is 2.83. The SMILES string of the molecule is O=C(c1cc(-c2ccc(F)cc2)n[nH]1)N1CCN(C(c2ccccc2)c2ccccc2)CC1. The molecule has 1 amide bonds. The van der Waals surface area contributed by atoms with Gasteiger partial charge in [-0.3, -0.25) is 14.8 Å². The van der Waals surface area contributed by atoms with Crippen LogP contribution in [0, 0.1) is 5.82 Å². The predicted octanol–water partition coefficient (Wildman–Crippen LogP) is 4.76. The van der Waals surface area contributed by atoms with E-state index >= 15 is 0 Å². The third kappa shape index (κ3) is 4.56. The first-order valence-corrected chi connectivity index (χ1v) is 11.1. The fraction of sp³-hybridized carbons (Fsp3) is 0.185. The van der Waals surface area contributed by atoms with Crippen LogP contribution in [-0.2, 0) is 0 Å². The molecule has 5 nitrogen and oxygen atoms in total. The van der Waals surface area contributed by atoms with Gasteiger partial charge in [0.1, 0.15) is 11.5 Å². The van der Waals surface area contributed by atoms with Gasteiger partial charge in [-0.15, -0.1) is 0 Å². The number of nitrogens with one attached hydrogen (secondary N) is 1. The normalized spacial score (nSPS) is 14.5. The molecular weight excluding hydrogens is 415 g/mol. The van der Waals surface area contributed by atoms with Crippen molar-refractivity contribution in [3.63, 3.8) is 0 Å². The summed E-state index contributed by atoms with van der Waals surface area (Å²) in [5.74, 6) is -0.362. The van der Waals surface area contributed by atoms with Crippen LogP contribution >= 0.6 is 0 Å². The summed E-state index contributed by atoms with van der Waals surface area (Å²) in [5.41, 5.74) is 4.35. The number of carbonyl (C=O) groups is 1. The molecule has 2 heterocycles. The Bertz CT molecular complexity index is 1160. The zero-order chi connectivity index (χ0) is 22.6. The van der Waals surface area contributed by atoms with Gasteiger partial charge in [0.25, 0.3) is 5.91 Å². The number of halogens is 1. The van der Waals surface area contributed by atoms with Crippen LogP contribution in [0.5, 0.6) is 0 Å². The van der Waals surface area contributed by atoms with Crippen LogP contribution in [0.1, 0.15) is 27.7 Å². The molecule has 0 radical (unpaired) electrons.